The SMILES string of the molecule is C=Cc1c(/C=C\C)oc2c(-c3ccc(-n4c5ccccc5c5c6ccc7ccccc7c6c6c7ccccc7sc6c54)cc3)cccc12. The molecule has 0 spiro atoms. The molecule has 3 heterocycles. The van der Waals surface area contributed by atoms with E-state index < -0.39 is 0 Å². The van der Waals surface area contributed by atoms with Gasteiger partial charge in [-0.15, -0.1) is 11.3 Å². The van der Waals surface area contributed by atoms with Crippen LogP contribution in [-0.4, -0.2) is 4.57 Å². The average molecular weight is 632 g/mol. The van der Waals surface area contributed by atoms with Gasteiger partial charge >= 0.3 is 0 Å². The van der Waals surface area contributed by atoms with E-state index >= 15 is 0 Å². The smallest absolute Gasteiger partial charge is 0.143 e. The molecule has 0 radical (unpaired) electrons. The largest absolute Gasteiger partial charge is 0.455 e. The van der Waals surface area contributed by atoms with Crippen molar-refractivity contribution in [2.75, 3.05) is 0 Å². The van der Waals surface area contributed by atoms with Crippen molar-refractivity contribution in [2.24, 2.45) is 0 Å². The minimum Gasteiger partial charge on any atom is -0.455 e. The Balaban J connectivity index is 1.29. The van der Waals surface area contributed by atoms with Crippen LogP contribution in [0.1, 0.15) is 18.2 Å². The Morgan fingerprint density at radius 2 is 1.40 bits per heavy atom. The van der Waals surface area contributed by atoms with Crippen molar-refractivity contribution in [1.29, 1.82) is 0 Å². The number of hydrogen-bond donors (Lipinski definition) is 0. The Kier molecular flexibility index (Phi) is 5.84. The first-order valence-corrected chi connectivity index (χ1v) is 17.2. The number of benzene rings is 7. The third-order valence-corrected chi connectivity index (χ3v) is 11.1. The van der Waals surface area contributed by atoms with E-state index in [1.165, 1.54) is 63.5 Å². The van der Waals surface area contributed by atoms with Crippen molar-refractivity contribution in [3.05, 3.63) is 151 Å². The first kappa shape index (κ1) is 27.2. The monoisotopic (exact) mass is 631 g/mol. The van der Waals surface area contributed by atoms with Gasteiger partial charge in [0.1, 0.15) is 11.3 Å². The second kappa shape index (κ2) is 10.3. The summed E-state index contributed by atoms with van der Waals surface area (Å²) in [5.41, 5.74) is 7.71. The number of para-hydroxylation sites is 2. The van der Waals surface area contributed by atoms with E-state index in [4.69, 9.17) is 4.42 Å². The maximum absolute atomic E-state index is 6.42. The summed E-state index contributed by atoms with van der Waals surface area (Å²) in [5.74, 6) is 0.837. The second-order valence-corrected chi connectivity index (χ2v) is 13.5. The molecule has 3 aromatic heterocycles. The molecule has 0 amide bonds. The molecule has 0 fully saturated rings. The van der Waals surface area contributed by atoms with Gasteiger partial charge < -0.3 is 8.98 Å². The summed E-state index contributed by atoms with van der Waals surface area (Å²) < 4.78 is 11.5. The number of rotatable bonds is 4. The first-order valence-electron chi connectivity index (χ1n) is 16.3. The number of hydrogen-bond acceptors (Lipinski definition) is 2. The van der Waals surface area contributed by atoms with Crippen LogP contribution < -0.4 is 0 Å². The summed E-state index contributed by atoms with van der Waals surface area (Å²) in [7, 11) is 0. The van der Waals surface area contributed by atoms with Gasteiger partial charge in [0.25, 0.3) is 0 Å². The number of aromatic nitrogens is 1. The van der Waals surface area contributed by atoms with Crippen molar-refractivity contribution in [1.82, 2.24) is 4.57 Å². The summed E-state index contributed by atoms with van der Waals surface area (Å²) in [6.45, 7) is 6.07. The number of furan rings is 1. The Morgan fingerprint density at radius 1 is 0.646 bits per heavy atom. The molecule has 0 saturated heterocycles. The summed E-state index contributed by atoms with van der Waals surface area (Å²) in [6, 6.07) is 46.5. The quantitative estimate of drug-likeness (QED) is 0.177. The Hall–Kier alpha value is -5.90. The van der Waals surface area contributed by atoms with Crippen LogP contribution in [0.5, 0.6) is 0 Å². The summed E-state index contributed by atoms with van der Waals surface area (Å²) in [4.78, 5) is 0. The zero-order valence-corrected chi connectivity index (χ0v) is 27.1. The summed E-state index contributed by atoms with van der Waals surface area (Å²) in [5, 5.41) is 11.5. The van der Waals surface area contributed by atoms with Gasteiger partial charge in [0.05, 0.1) is 15.7 Å². The number of fused-ring (bicyclic) bond motifs is 13. The predicted molar refractivity (Wildman–Crippen MR) is 209 cm³/mol. The molecular formula is C45H29NOS. The summed E-state index contributed by atoms with van der Waals surface area (Å²) in [6.07, 6.45) is 5.90. The van der Waals surface area contributed by atoms with Gasteiger partial charge in [-0.1, -0.05) is 122 Å². The van der Waals surface area contributed by atoms with Gasteiger partial charge in [-0.3, -0.25) is 0 Å². The maximum atomic E-state index is 6.42. The van der Waals surface area contributed by atoms with Crippen molar-refractivity contribution in [3.8, 4) is 16.8 Å². The van der Waals surface area contributed by atoms with E-state index in [0.717, 1.165) is 39.1 Å². The predicted octanol–water partition coefficient (Wildman–Crippen LogP) is 13.5. The molecule has 0 aliphatic heterocycles. The average Bonchev–Trinajstić information content (AvgIpc) is 3.81. The van der Waals surface area contributed by atoms with Crippen LogP contribution in [0.4, 0.5) is 0 Å². The van der Waals surface area contributed by atoms with Crippen LogP contribution in [0.25, 0.3) is 103 Å². The van der Waals surface area contributed by atoms with E-state index in [-0.39, 0.29) is 0 Å². The van der Waals surface area contributed by atoms with Crippen LogP contribution in [0.3, 0.4) is 0 Å². The highest BCUT2D eigenvalue weighted by Crippen LogP contribution is 2.49. The highest BCUT2D eigenvalue weighted by atomic mass is 32.1. The summed E-state index contributed by atoms with van der Waals surface area (Å²) >= 11 is 1.90. The lowest BCUT2D eigenvalue weighted by molar-refractivity contribution is 0.604. The van der Waals surface area contributed by atoms with E-state index in [1.54, 1.807) is 0 Å². The maximum Gasteiger partial charge on any atom is 0.143 e. The topological polar surface area (TPSA) is 18.1 Å². The molecule has 7 aromatic carbocycles. The standard InChI is InChI=1S/C45H29NOS/c1-3-12-38-30(4-2)33-18-11-17-32(44(33)47-38)28-21-24-29(25-22-28)46-37-19-9-7-15-34(37)41-36-26-23-27-13-5-6-14-31(27)40(36)42-35-16-8-10-20-39(35)48-45(42)43(41)46/h3-26H,2H2,1H3/b12-3-. The lowest BCUT2D eigenvalue weighted by atomic mass is 9.94. The van der Waals surface area contributed by atoms with Crippen LogP contribution in [0.2, 0.25) is 0 Å². The van der Waals surface area contributed by atoms with Crippen LogP contribution >= 0.6 is 11.3 Å². The van der Waals surface area contributed by atoms with E-state index in [0.29, 0.717) is 0 Å². The van der Waals surface area contributed by atoms with Crippen molar-refractivity contribution in [2.45, 2.75) is 6.92 Å². The molecule has 3 heteroatoms. The lowest BCUT2D eigenvalue weighted by Gasteiger charge is -2.12. The highest BCUT2D eigenvalue weighted by molar-refractivity contribution is 7.27. The van der Waals surface area contributed by atoms with E-state index in [1.807, 2.05) is 36.5 Å². The van der Waals surface area contributed by atoms with E-state index in [9.17, 15) is 0 Å². The Labute approximate surface area is 281 Å². The third-order valence-electron chi connectivity index (χ3n) is 9.87. The van der Waals surface area contributed by atoms with Crippen LogP contribution in [0, 0.1) is 0 Å². The fraction of sp³-hybridized carbons (Fsp3) is 0.0222. The van der Waals surface area contributed by atoms with Crippen molar-refractivity contribution in [3.63, 3.8) is 0 Å². The second-order valence-electron chi connectivity index (χ2n) is 12.4. The normalized spacial score (nSPS) is 12.3. The van der Waals surface area contributed by atoms with Gasteiger partial charge in [0.15, 0.2) is 0 Å². The number of nitrogens with zero attached hydrogens (tertiary/aromatic N) is 1. The minimum absolute atomic E-state index is 0.837. The molecule has 0 saturated carbocycles. The molecule has 0 bridgehead atoms. The molecule has 48 heavy (non-hydrogen) atoms. The highest BCUT2D eigenvalue weighted by Gasteiger charge is 2.23. The van der Waals surface area contributed by atoms with Gasteiger partial charge in [0.2, 0.25) is 0 Å². The van der Waals surface area contributed by atoms with Crippen molar-refractivity contribution < 1.29 is 4.42 Å². The Morgan fingerprint density at radius 3 is 2.23 bits per heavy atom. The zero-order chi connectivity index (χ0) is 31.9. The molecule has 0 unspecified atom stereocenters. The van der Waals surface area contributed by atoms with Crippen LogP contribution in [-0.2, 0) is 0 Å². The fourth-order valence-electron chi connectivity index (χ4n) is 7.87. The minimum atomic E-state index is 0.837. The molecule has 226 valence electrons. The van der Waals surface area contributed by atoms with Crippen LogP contribution in [0.15, 0.2) is 144 Å². The number of thiophene rings is 1. The molecular weight excluding hydrogens is 603 g/mol. The zero-order valence-electron chi connectivity index (χ0n) is 26.3. The van der Waals surface area contributed by atoms with Gasteiger partial charge in [0, 0.05) is 48.4 Å². The molecule has 10 aromatic rings. The van der Waals surface area contributed by atoms with Crippen molar-refractivity contribution >= 4 is 98.0 Å². The number of allylic oxidation sites excluding steroid dienone is 1. The third kappa shape index (κ3) is 3.68. The molecule has 10 rings (SSSR count). The molecule has 0 atom stereocenters. The fourth-order valence-corrected chi connectivity index (χ4v) is 9.12. The van der Waals surface area contributed by atoms with Gasteiger partial charge in [-0.25, -0.2) is 0 Å². The molecule has 0 aliphatic carbocycles. The van der Waals surface area contributed by atoms with Gasteiger partial charge in [-0.05, 0) is 64.4 Å². The molecule has 2 nitrogen and oxygen atoms in total. The first-order chi connectivity index (χ1) is 23.7. The Bertz CT molecular complexity index is 2970. The molecule has 0 N–H and O–H groups in total. The lowest BCUT2D eigenvalue weighted by Crippen LogP contribution is -1.94. The van der Waals surface area contributed by atoms with E-state index in [2.05, 4.69) is 139 Å². The molecule has 0 aliphatic rings. The van der Waals surface area contributed by atoms with Gasteiger partial charge in [-0.2, -0.15) is 0 Å².